The number of benzene rings is 1. The fourth-order valence-electron chi connectivity index (χ4n) is 1.49. The number of aromatic nitrogens is 2. The largest absolute Gasteiger partial charge is 0.158 e. The van der Waals surface area contributed by atoms with Crippen LogP contribution in [0.2, 0.25) is 0 Å². The van der Waals surface area contributed by atoms with Gasteiger partial charge in [-0.25, -0.2) is 0 Å². The third-order valence-corrected chi connectivity index (χ3v) is 2.27. The molecule has 2 aromatic rings. The third kappa shape index (κ3) is 2.34. The summed E-state index contributed by atoms with van der Waals surface area (Å²) >= 11 is 0. The van der Waals surface area contributed by atoms with Crippen molar-refractivity contribution in [2.45, 2.75) is 6.42 Å². The highest BCUT2D eigenvalue weighted by atomic mass is 15.1. The molecule has 0 atom stereocenters. The Balaban J connectivity index is 2.37. The van der Waals surface area contributed by atoms with Crippen LogP contribution in [0, 0.1) is 6.92 Å². The Hall–Kier alpha value is -1.96. The van der Waals surface area contributed by atoms with Gasteiger partial charge in [-0.1, -0.05) is 42.5 Å². The van der Waals surface area contributed by atoms with E-state index in [0.29, 0.717) is 0 Å². The van der Waals surface area contributed by atoms with Crippen LogP contribution in [0.5, 0.6) is 0 Å². The van der Waals surface area contributed by atoms with Crippen molar-refractivity contribution in [1.29, 1.82) is 0 Å². The van der Waals surface area contributed by atoms with Crippen molar-refractivity contribution in [2.24, 2.45) is 0 Å². The average molecular weight is 209 g/mol. The zero-order valence-corrected chi connectivity index (χ0v) is 9.00. The highest BCUT2D eigenvalue weighted by Crippen LogP contribution is 2.15. The summed E-state index contributed by atoms with van der Waals surface area (Å²) in [4.78, 5) is 0. The van der Waals surface area contributed by atoms with E-state index in [9.17, 15) is 0 Å². The van der Waals surface area contributed by atoms with Crippen molar-refractivity contribution in [1.82, 2.24) is 10.2 Å². The van der Waals surface area contributed by atoms with Gasteiger partial charge in [0.25, 0.3) is 0 Å². The first-order chi connectivity index (χ1) is 7.92. The molecule has 0 amide bonds. The maximum Gasteiger partial charge on any atom is 0.0935 e. The molecular weight excluding hydrogens is 196 g/mol. The summed E-state index contributed by atoms with van der Waals surface area (Å²) in [6.45, 7) is 3.73. The van der Waals surface area contributed by atoms with Crippen LogP contribution in [-0.2, 0) is 0 Å². The first-order valence-electron chi connectivity index (χ1n) is 5.24. The Morgan fingerprint density at radius 3 is 2.94 bits per heavy atom. The van der Waals surface area contributed by atoms with Gasteiger partial charge in [0.1, 0.15) is 0 Å². The molecule has 2 nitrogen and oxygen atoms in total. The Kier molecular flexibility index (Phi) is 3.44. The lowest BCUT2D eigenvalue weighted by atomic mass is 10.1. The molecule has 0 fully saturated rings. The van der Waals surface area contributed by atoms with Crippen LogP contribution in [0.3, 0.4) is 0 Å². The molecule has 16 heavy (non-hydrogen) atoms. The molecule has 0 unspecified atom stereocenters. The molecule has 2 rings (SSSR count). The van der Waals surface area contributed by atoms with Gasteiger partial charge in [-0.3, -0.25) is 0 Å². The summed E-state index contributed by atoms with van der Waals surface area (Å²) in [5.74, 6) is 0. The number of nitrogens with zero attached hydrogens (tertiary/aromatic N) is 2. The summed E-state index contributed by atoms with van der Waals surface area (Å²) in [6, 6.07) is 8.09. The SMILES string of the molecule is [CH2]C/C=C/C=C/c1nncc2ccccc12. The number of hydrogen-bond donors (Lipinski definition) is 0. The van der Waals surface area contributed by atoms with E-state index >= 15 is 0 Å². The standard InChI is InChI=1S/C14H13N2/c1-2-3-4-5-10-14-13-9-7-6-8-12(13)11-15-16-14/h3-11H,1-2H2/b4-3+,10-5+. The lowest BCUT2D eigenvalue weighted by Gasteiger charge is -1.98. The van der Waals surface area contributed by atoms with Gasteiger partial charge in [-0.2, -0.15) is 10.2 Å². The van der Waals surface area contributed by atoms with Crippen LogP contribution in [0.15, 0.2) is 48.7 Å². The maximum absolute atomic E-state index is 4.12. The molecule has 1 aromatic heterocycles. The Bertz CT molecular complexity index is 522. The van der Waals surface area contributed by atoms with Crippen LogP contribution in [0.4, 0.5) is 0 Å². The number of fused-ring (bicyclic) bond motifs is 1. The molecule has 0 N–H and O–H groups in total. The normalized spacial score (nSPS) is 11.8. The van der Waals surface area contributed by atoms with Crippen molar-refractivity contribution in [3.05, 3.63) is 61.3 Å². The van der Waals surface area contributed by atoms with Crippen molar-refractivity contribution in [3.8, 4) is 0 Å². The molecule has 1 heterocycles. The summed E-state index contributed by atoms with van der Waals surface area (Å²) < 4.78 is 0. The minimum absolute atomic E-state index is 0.797. The Morgan fingerprint density at radius 2 is 2.06 bits per heavy atom. The number of hydrogen-bond acceptors (Lipinski definition) is 2. The predicted molar refractivity (Wildman–Crippen MR) is 67.7 cm³/mol. The molecule has 79 valence electrons. The number of allylic oxidation sites excluding steroid dienone is 3. The monoisotopic (exact) mass is 209 g/mol. The van der Waals surface area contributed by atoms with Crippen LogP contribution >= 0.6 is 0 Å². The second-order valence-corrected chi connectivity index (χ2v) is 3.39. The van der Waals surface area contributed by atoms with E-state index < -0.39 is 0 Å². The van der Waals surface area contributed by atoms with Crippen molar-refractivity contribution >= 4 is 16.8 Å². The average Bonchev–Trinajstić information content (AvgIpc) is 2.35. The quantitative estimate of drug-likeness (QED) is 0.724. The molecule has 0 saturated carbocycles. The zero-order valence-electron chi connectivity index (χ0n) is 9.00. The van der Waals surface area contributed by atoms with Crippen molar-refractivity contribution in [2.75, 3.05) is 0 Å². The summed E-state index contributed by atoms with van der Waals surface area (Å²) in [6.07, 6.45) is 10.5. The number of rotatable bonds is 3. The predicted octanol–water partition coefficient (Wildman–Crippen LogP) is 3.42. The van der Waals surface area contributed by atoms with Crippen LogP contribution in [0.1, 0.15) is 12.1 Å². The Morgan fingerprint density at radius 1 is 1.19 bits per heavy atom. The van der Waals surface area contributed by atoms with E-state index in [-0.39, 0.29) is 0 Å². The topological polar surface area (TPSA) is 25.8 Å². The molecular formula is C14H13N2. The lowest BCUT2D eigenvalue weighted by Crippen LogP contribution is -1.87. The fourth-order valence-corrected chi connectivity index (χ4v) is 1.49. The van der Waals surface area contributed by atoms with E-state index in [2.05, 4.69) is 23.2 Å². The minimum atomic E-state index is 0.797. The van der Waals surface area contributed by atoms with Crippen molar-refractivity contribution in [3.63, 3.8) is 0 Å². The molecule has 0 spiro atoms. The maximum atomic E-state index is 4.12. The second kappa shape index (κ2) is 5.21. The molecule has 2 heteroatoms. The first-order valence-corrected chi connectivity index (χ1v) is 5.24. The van der Waals surface area contributed by atoms with Crippen LogP contribution < -0.4 is 0 Å². The van der Waals surface area contributed by atoms with Gasteiger partial charge < -0.3 is 0 Å². The van der Waals surface area contributed by atoms with Crippen LogP contribution in [0.25, 0.3) is 16.8 Å². The van der Waals surface area contributed by atoms with E-state index in [1.165, 1.54) is 0 Å². The molecule has 0 aliphatic heterocycles. The molecule has 1 aromatic carbocycles. The van der Waals surface area contributed by atoms with Crippen molar-refractivity contribution < 1.29 is 0 Å². The lowest BCUT2D eigenvalue weighted by molar-refractivity contribution is 1.04. The first kappa shape index (κ1) is 10.6. The molecule has 1 radical (unpaired) electrons. The smallest absolute Gasteiger partial charge is 0.0935 e. The molecule has 0 bridgehead atoms. The molecule has 0 aliphatic rings. The van der Waals surface area contributed by atoms with Gasteiger partial charge in [0.15, 0.2) is 0 Å². The van der Waals surface area contributed by atoms with Gasteiger partial charge in [0, 0.05) is 10.8 Å². The van der Waals surface area contributed by atoms with E-state index in [4.69, 9.17) is 0 Å². The second-order valence-electron chi connectivity index (χ2n) is 3.39. The van der Waals surface area contributed by atoms with Gasteiger partial charge in [-0.15, -0.1) is 0 Å². The molecule has 0 saturated heterocycles. The highest BCUT2D eigenvalue weighted by Gasteiger charge is 1.97. The fraction of sp³-hybridized carbons (Fsp3) is 0.0714. The molecule has 0 aliphatic carbocycles. The van der Waals surface area contributed by atoms with Gasteiger partial charge in [-0.05, 0) is 19.4 Å². The van der Waals surface area contributed by atoms with E-state index in [1.807, 2.05) is 42.5 Å². The summed E-state index contributed by atoms with van der Waals surface area (Å²) in [5.41, 5.74) is 0.895. The zero-order chi connectivity index (χ0) is 11.2. The van der Waals surface area contributed by atoms with Gasteiger partial charge in [0.2, 0.25) is 0 Å². The summed E-state index contributed by atoms with van der Waals surface area (Å²) in [5, 5.41) is 10.3. The van der Waals surface area contributed by atoms with Crippen LogP contribution in [-0.4, -0.2) is 10.2 Å². The summed E-state index contributed by atoms with van der Waals surface area (Å²) in [7, 11) is 0. The van der Waals surface area contributed by atoms with E-state index in [1.54, 1.807) is 6.20 Å². The van der Waals surface area contributed by atoms with E-state index in [0.717, 1.165) is 22.9 Å². The minimum Gasteiger partial charge on any atom is -0.158 e. The Labute approximate surface area is 95.3 Å². The third-order valence-electron chi connectivity index (χ3n) is 2.27. The van der Waals surface area contributed by atoms with Gasteiger partial charge >= 0.3 is 0 Å². The van der Waals surface area contributed by atoms with Gasteiger partial charge in [0.05, 0.1) is 11.9 Å². The highest BCUT2D eigenvalue weighted by molar-refractivity contribution is 5.88.